The summed E-state index contributed by atoms with van der Waals surface area (Å²) in [5, 5.41) is 3.79. The minimum atomic E-state index is -4.99. The number of benzene rings is 1. The molecule has 170 valence electrons. The quantitative estimate of drug-likeness (QED) is 0.322. The molecule has 0 saturated heterocycles. The lowest BCUT2D eigenvalue weighted by Gasteiger charge is -2.13. The van der Waals surface area contributed by atoms with Gasteiger partial charge in [-0.15, -0.1) is 17.5 Å². The van der Waals surface area contributed by atoms with E-state index in [1.165, 1.54) is 6.20 Å². The number of carbonyl (C=O) groups excluding carboxylic acids is 1. The molecule has 2 heterocycles. The fourth-order valence-electron chi connectivity index (χ4n) is 2.31. The second-order valence-electron chi connectivity index (χ2n) is 5.99. The van der Waals surface area contributed by atoms with Crippen molar-refractivity contribution in [1.29, 1.82) is 0 Å². The summed E-state index contributed by atoms with van der Waals surface area (Å²) in [6.45, 7) is 0. The van der Waals surface area contributed by atoms with Gasteiger partial charge in [-0.2, -0.15) is 26.3 Å². The summed E-state index contributed by atoms with van der Waals surface area (Å²) in [7, 11) is 0. The van der Waals surface area contributed by atoms with Gasteiger partial charge >= 0.3 is 12.4 Å². The number of nitrogens with zero attached hydrogens (tertiary/aromatic N) is 4. The highest BCUT2D eigenvalue weighted by molar-refractivity contribution is 5.90. The van der Waals surface area contributed by atoms with Crippen molar-refractivity contribution in [3.05, 3.63) is 66.1 Å². The van der Waals surface area contributed by atoms with Gasteiger partial charge in [-0.1, -0.05) is 6.07 Å². The van der Waals surface area contributed by atoms with Crippen LogP contribution in [0.25, 0.3) is 17.6 Å². The lowest BCUT2D eigenvalue weighted by atomic mass is 10.0. The number of anilines is 1. The Kier molecular flexibility index (Phi) is 7.46. The molecule has 2 aromatic heterocycles. The van der Waals surface area contributed by atoms with Gasteiger partial charge in [0.25, 0.3) is 5.91 Å². The van der Waals surface area contributed by atoms with Gasteiger partial charge in [0.2, 0.25) is 0 Å². The predicted octanol–water partition coefficient (Wildman–Crippen LogP) is 4.41. The first kappa shape index (κ1) is 24.7. The average molecular weight is 479 g/mol. The Hall–Kier alpha value is -3.61. The van der Waals surface area contributed by atoms with E-state index in [0.29, 0.717) is 18.0 Å². The molecule has 7 nitrogen and oxygen atoms in total. The normalized spacial score (nSPS) is 11.8. The van der Waals surface area contributed by atoms with Crippen molar-refractivity contribution in [3.63, 3.8) is 0 Å². The van der Waals surface area contributed by atoms with E-state index >= 15 is 0 Å². The summed E-state index contributed by atoms with van der Waals surface area (Å²) in [6, 6.07) is 6.00. The van der Waals surface area contributed by atoms with Gasteiger partial charge in [-0.05, 0) is 30.3 Å². The second kappa shape index (κ2) is 9.68. The van der Waals surface area contributed by atoms with Crippen LogP contribution in [-0.4, -0.2) is 25.7 Å². The van der Waals surface area contributed by atoms with Crippen LogP contribution in [0.5, 0.6) is 0 Å². The van der Waals surface area contributed by atoms with E-state index in [0.717, 1.165) is 23.3 Å². The fourth-order valence-corrected chi connectivity index (χ4v) is 2.31. The third-order valence-corrected chi connectivity index (χ3v) is 3.71. The molecule has 0 aliphatic carbocycles. The van der Waals surface area contributed by atoms with Crippen LogP contribution >= 0.6 is 12.4 Å². The summed E-state index contributed by atoms with van der Waals surface area (Å²) in [4.78, 5) is 19.4. The highest BCUT2D eigenvalue weighted by Gasteiger charge is 2.37. The molecule has 0 radical (unpaired) electrons. The number of halogens is 7. The van der Waals surface area contributed by atoms with Crippen LogP contribution in [-0.2, 0) is 17.1 Å². The number of hydrogen-bond acceptors (Lipinski definition) is 5. The third kappa shape index (κ3) is 6.44. The van der Waals surface area contributed by atoms with E-state index in [1.807, 2.05) is 0 Å². The standard InChI is InChI=1S/C18H12F6N6O.ClH/c19-17(20,21)12-7-11(8-13(9-12)18(22,23)24)16-26-10-30(29-16)6-4-15(31)28-27-14-3-1-2-5-25-14;/h1-10H,(H,25,27)(H,28,31);1H/b6-4-;. The van der Waals surface area contributed by atoms with E-state index in [-0.39, 0.29) is 24.3 Å². The van der Waals surface area contributed by atoms with Crippen molar-refractivity contribution < 1.29 is 31.1 Å². The largest absolute Gasteiger partial charge is 0.416 e. The molecule has 14 heteroatoms. The van der Waals surface area contributed by atoms with Gasteiger partial charge in [0.05, 0.1) is 11.1 Å². The van der Waals surface area contributed by atoms with Crippen molar-refractivity contribution in [2.24, 2.45) is 0 Å². The molecular weight excluding hydrogens is 466 g/mol. The summed E-state index contributed by atoms with van der Waals surface area (Å²) in [6.07, 6.45) is -5.32. The zero-order chi connectivity index (χ0) is 22.6. The van der Waals surface area contributed by atoms with Crippen molar-refractivity contribution in [1.82, 2.24) is 25.2 Å². The SMILES string of the molecule is Cl.O=C(/C=C\n1cnc(-c2cc(C(F)(F)F)cc(C(F)(F)F)c2)n1)NNc1ccccn1. The monoisotopic (exact) mass is 478 g/mol. The molecule has 32 heavy (non-hydrogen) atoms. The van der Waals surface area contributed by atoms with Gasteiger partial charge in [0.1, 0.15) is 12.1 Å². The first-order valence-electron chi connectivity index (χ1n) is 8.38. The van der Waals surface area contributed by atoms with Gasteiger partial charge < -0.3 is 0 Å². The molecule has 0 spiro atoms. The summed E-state index contributed by atoms with van der Waals surface area (Å²) < 4.78 is 78.9. The van der Waals surface area contributed by atoms with E-state index in [2.05, 4.69) is 25.9 Å². The Bertz CT molecular complexity index is 1070. The number of hydrogen-bond donors (Lipinski definition) is 2. The molecule has 3 rings (SSSR count). The molecule has 1 amide bonds. The highest BCUT2D eigenvalue weighted by Crippen LogP contribution is 2.38. The number of rotatable bonds is 5. The number of hydrazine groups is 1. The number of carbonyl (C=O) groups is 1. The molecule has 0 unspecified atom stereocenters. The zero-order valence-corrected chi connectivity index (χ0v) is 16.5. The topological polar surface area (TPSA) is 84.7 Å². The molecule has 0 bridgehead atoms. The maximum absolute atomic E-state index is 13.0. The van der Waals surface area contributed by atoms with Crippen molar-refractivity contribution in [3.8, 4) is 11.4 Å². The Labute approximate surface area is 182 Å². The van der Waals surface area contributed by atoms with E-state index in [4.69, 9.17) is 0 Å². The van der Waals surface area contributed by atoms with Crippen LogP contribution in [0, 0.1) is 0 Å². The smallest absolute Gasteiger partial charge is 0.282 e. The third-order valence-electron chi connectivity index (χ3n) is 3.71. The Morgan fingerprint density at radius 1 is 0.969 bits per heavy atom. The van der Waals surface area contributed by atoms with Crippen LogP contribution in [0.1, 0.15) is 11.1 Å². The lowest BCUT2D eigenvalue weighted by molar-refractivity contribution is -0.143. The molecule has 2 N–H and O–H groups in total. The molecule has 0 aliphatic heterocycles. The zero-order valence-electron chi connectivity index (χ0n) is 15.6. The molecule has 0 atom stereocenters. The molecule has 0 fully saturated rings. The second-order valence-corrected chi connectivity index (χ2v) is 5.99. The van der Waals surface area contributed by atoms with Gasteiger partial charge in [0, 0.05) is 24.0 Å². The van der Waals surface area contributed by atoms with Crippen molar-refractivity contribution >= 4 is 30.3 Å². The number of aromatic nitrogens is 4. The number of nitrogens with one attached hydrogen (secondary N) is 2. The number of pyridine rings is 1. The van der Waals surface area contributed by atoms with Gasteiger partial charge in [-0.3, -0.25) is 15.6 Å². The van der Waals surface area contributed by atoms with Gasteiger partial charge in [-0.25, -0.2) is 14.6 Å². The van der Waals surface area contributed by atoms with Crippen LogP contribution in [0.4, 0.5) is 32.2 Å². The van der Waals surface area contributed by atoms with Crippen LogP contribution in [0.15, 0.2) is 55.0 Å². The van der Waals surface area contributed by atoms with Crippen LogP contribution in [0.2, 0.25) is 0 Å². The first-order chi connectivity index (χ1) is 14.5. The molecular formula is C18H13ClF6N6O. The minimum Gasteiger partial charge on any atom is -0.282 e. The molecule has 0 saturated carbocycles. The molecule has 0 aliphatic rings. The Morgan fingerprint density at radius 2 is 1.62 bits per heavy atom. The number of alkyl halides is 6. The van der Waals surface area contributed by atoms with E-state index in [1.54, 1.807) is 18.2 Å². The summed E-state index contributed by atoms with van der Waals surface area (Å²) in [5.41, 5.74) is 1.40. The highest BCUT2D eigenvalue weighted by atomic mass is 35.5. The summed E-state index contributed by atoms with van der Waals surface area (Å²) >= 11 is 0. The van der Waals surface area contributed by atoms with Gasteiger partial charge in [0.15, 0.2) is 5.82 Å². The lowest BCUT2D eigenvalue weighted by Crippen LogP contribution is -2.28. The maximum Gasteiger partial charge on any atom is 0.416 e. The summed E-state index contributed by atoms with van der Waals surface area (Å²) in [5.74, 6) is -0.633. The fraction of sp³-hybridized carbons (Fsp3) is 0.111. The first-order valence-corrected chi connectivity index (χ1v) is 8.38. The number of amides is 1. The Morgan fingerprint density at radius 3 is 2.19 bits per heavy atom. The van der Waals surface area contributed by atoms with Crippen molar-refractivity contribution in [2.45, 2.75) is 12.4 Å². The maximum atomic E-state index is 13.0. The molecule has 1 aromatic carbocycles. The van der Waals surface area contributed by atoms with Crippen LogP contribution < -0.4 is 10.9 Å². The molecule has 3 aromatic rings. The predicted molar refractivity (Wildman–Crippen MR) is 104 cm³/mol. The van der Waals surface area contributed by atoms with E-state index in [9.17, 15) is 31.1 Å². The average Bonchev–Trinajstić information content (AvgIpc) is 3.19. The Balaban J connectivity index is 0.00000363. The van der Waals surface area contributed by atoms with Crippen molar-refractivity contribution in [2.75, 3.05) is 5.43 Å². The van der Waals surface area contributed by atoms with E-state index < -0.39 is 35.0 Å². The van der Waals surface area contributed by atoms with Crippen LogP contribution in [0.3, 0.4) is 0 Å². The minimum absolute atomic E-state index is 0.